The Kier molecular flexibility index (Phi) is 3.20. The third-order valence-electron chi connectivity index (χ3n) is 4.11. The number of fused-ring (bicyclic) bond motifs is 2. The zero-order valence-electron chi connectivity index (χ0n) is 12.0. The minimum Gasteiger partial charge on any atom is -0.756 e. The zero-order chi connectivity index (χ0) is 17.1. The van der Waals surface area contributed by atoms with Crippen LogP contribution in [-0.4, -0.2) is 44.6 Å². The average Bonchev–Trinajstić information content (AvgIpc) is 3.09. The average molecular weight is 352 g/mol. The maximum absolute atomic E-state index is 11.5. The number of aromatic nitrogens is 3. The van der Waals surface area contributed by atoms with Crippen molar-refractivity contribution in [3.63, 3.8) is 0 Å². The van der Waals surface area contributed by atoms with E-state index in [9.17, 15) is 19.8 Å². The van der Waals surface area contributed by atoms with Crippen molar-refractivity contribution in [3.8, 4) is 6.07 Å². The molecule has 2 fully saturated rings. The Bertz CT molecular complexity index is 911. The lowest BCUT2D eigenvalue weighted by Crippen LogP contribution is -2.44. The monoisotopic (exact) mass is 352 g/mol. The zero-order valence-corrected chi connectivity index (χ0v) is 12.9. The molecule has 2 saturated heterocycles. The summed E-state index contributed by atoms with van der Waals surface area (Å²) in [6, 6.07) is 4.97. The molecular weight excluding hydrogens is 341 g/mol. The molecule has 0 bridgehead atoms. The molecular formula is C12H11N5O6P-. The summed E-state index contributed by atoms with van der Waals surface area (Å²) in [6.07, 6.45) is -2.57. The number of aliphatic hydroxyl groups is 1. The highest BCUT2D eigenvalue weighted by Gasteiger charge is 2.60. The Morgan fingerprint density at radius 1 is 1.58 bits per heavy atom. The van der Waals surface area contributed by atoms with Crippen molar-refractivity contribution in [2.24, 2.45) is 0 Å². The van der Waals surface area contributed by atoms with E-state index in [4.69, 9.17) is 15.0 Å². The Hall–Kier alpha value is -2.06. The van der Waals surface area contributed by atoms with Gasteiger partial charge in [0.05, 0.1) is 12.3 Å². The van der Waals surface area contributed by atoms with Crippen molar-refractivity contribution in [2.75, 3.05) is 12.3 Å². The van der Waals surface area contributed by atoms with Crippen LogP contribution in [0.25, 0.3) is 5.52 Å². The SMILES string of the molecule is N#C[C@@]1(c2ccc3c(N)ncnn23)OC2COP(=O)([O-])O[C@H]2[C@H]1O. The summed E-state index contributed by atoms with van der Waals surface area (Å²) in [4.78, 5) is 15.3. The van der Waals surface area contributed by atoms with Crippen LogP contribution in [0.4, 0.5) is 5.82 Å². The number of anilines is 1. The fraction of sp³-hybridized carbons (Fsp3) is 0.417. The van der Waals surface area contributed by atoms with Gasteiger partial charge in [0.1, 0.15) is 36.2 Å². The minimum atomic E-state index is -4.55. The maximum atomic E-state index is 11.5. The number of phosphoric acid groups is 1. The van der Waals surface area contributed by atoms with Gasteiger partial charge in [0, 0.05) is 0 Å². The molecule has 2 unspecified atom stereocenters. The van der Waals surface area contributed by atoms with Gasteiger partial charge in [-0.05, 0) is 12.1 Å². The third kappa shape index (κ3) is 1.99. The summed E-state index contributed by atoms with van der Waals surface area (Å²) >= 11 is 0. The van der Waals surface area contributed by atoms with Gasteiger partial charge in [-0.2, -0.15) is 10.4 Å². The lowest BCUT2D eigenvalue weighted by molar-refractivity contribution is -0.246. The van der Waals surface area contributed by atoms with Crippen LogP contribution >= 0.6 is 7.82 Å². The number of hydrogen-bond donors (Lipinski definition) is 2. The van der Waals surface area contributed by atoms with Gasteiger partial charge in [0.2, 0.25) is 5.60 Å². The lowest BCUT2D eigenvalue weighted by atomic mass is 9.92. The number of phosphoric ester groups is 1. The molecule has 0 aromatic carbocycles. The lowest BCUT2D eigenvalue weighted by Gasteiger charge is -2.34. The fourth-order valence-corrected chi connectivity index (χ4v) is 3.94. The second-order valence-corrected chi connectivity index (χ2v) is 6.79. The summed E-state index contributed by atoms with van der Waals surface area (Å²) in [6.45, 7) is -0.355. The fourth-order valence-electron chi connectivity index (χ4n) is 3.00. The molecule has 0 saturated carbocycles. The van der Waals surface area contributed by atoms with Crippen LogP contribution in [0.2, 0.25) is 0 Å². The van der Waals surface area contributed by atoms with Crippen molar-refractivity contribution < 1.29 is 28.3 Å². The Labute approximate surface area is 134 Å². The predicted molar refractivity (Wildman–Crippen MR) is 74.0 cm³/mol. The number of aliphatic hydroxyl groups excluding tert-OH is 1. The Morgan fingerprint density at radius 3 is 3.12 bits per heavy atom. The molecule has 0 radical (unpaired) electrons. The summed E-state index contributed by atoms with van der Waals surface area (Å²) in [5.41, 5.74) is 4.46. The smallest absolute Gasteiger partial charge is 0.268 e. The van der Waals surface area contributed by atoms with Gasteiger partial charge in [-0.15, -0.1) is 0 Å². The summed E-state index contributed by atoms with van der Waals surface area (Å²) in [5, 5.41) is 24.3. The second kappa shape index (κ2) is 4.97. The highest BCUT2D eigenvalue weighted by Crippen LogP contribution is 2.52. The van der Waals surface area contributed by atoms with Crippen LogP contribution < -0.4 is 10.6 Å². The Balaban J connectivity index is 1.84. The normalized spacial score (nSPS) is 38.8. The van der Waals surface area contributed by atoms with E-state index in [1.54, 1.807) is 6.07 Å². The largest absolute Gasteiger partial charge is 0.756 e. The van der Waals surface area contributed by atoms with E-state index in [1.807, 2.05) is 6.07 Å². The van der Waals surface area contributed by atoms with Gasteiger partial charge < -0.3 is 29.5 Å². The summed E-state index contributed by atoms with van der Waals surface area (Å²) < 4.78 is 27.8. The summed E-state index contributed by atoms with van der Waals surface area (Å²) in [5.74, 6) is 0.179. The highest BCUT2D eigenvalue weighted by atomic mass is 31.2. The molecule has 24 heavy (non-hydrogen) atoms. The van der Waals surface area contributed by atoms with Gasteiger partial charge in [-0.3, -0.25) is 4.57 Å². The molecule has 12 heteroatoms. The number of nitrogens with zero attached hydrogens (tertiary/aromatic N) is 4. The van der Waals surface area contributed by atoms with Gasteiger partial charge in [0.15, 0.2) is 5.82 Å². The third-order valence-corrected chi connectivity index (χ3v) is 5.07. The number of nitriles is 1. The highest BCUT2D eigenvalue weighted by molar-refractivity contribution is 7.45. The second-order valence-electron chi connectivity index (χ2n) is 5.42. The number of nitrogens with two attached hydrogens (primary N) is 1. The van der Waals surface area contributed by atoms with Crippen molar-refractivity contribution in [1.82, 2.24) is 14.6 Å². The number of rotatable bonds is 1. The predicted octanol–water partition coefficient (Wildman–Crippen LogP) is -1.33. The molecule has 2 aliphatic rings. The molecule has 3 N–H and O–H groups in total. The molecule has 2 aromatic rings. The standard InChI is InChI=1S/C12H12N5O6P/c13-4-12(8-2-1-6-11(14)15-5-16-17(6)8)10(18)9-7(22-12)3-21-24(19,20)23-9/h1-2,5,7,9-10,18H,3H2,(H,19,20)(H2,14,15,16)/p-1/t7?,9-,10-,12+/m1/s1. The van der Waals surface area contributed by atoms with Crippen molar-refractivity contribution in [3.05, 3.63) is 24.2 Å². The Morgan fingerprint density at radius 2 is 2.38 bits per heavy atom. The van der Waals surface area contributed by atoms with E-state index < -0.39 is 31.7 Å². The van der Waals surface area contributed by atoms with E-state index >= 15 is 0 Å². The summed E-state index contributed by atoms with van der Waals surface area (Å²) in [7, 11) is -4.55. The first-order valence-electron chi connectivity index (χ1n) is 6.88. The van der Waals surface area contributed by atoms with Crippen LogP contribution in [0.3, 0.4) is 0 Å². The number of nitrogen functional groups attached to an aromatic ring is 1. The molecule has 2 aliphatic heterocycles. The number of hydrogen-bond acceptors (Lipinski definition) is 10. The van der Waals surface area contributed by atoms with Crippen LogP contribution in [0.15, 0.2) is 18.5 Å². The first kappa shape index (κ1) is 15.5. The van der Waals surface area contributed by atoms with Crippen LogP contribution in [-0.2, 0) is 24.0 Å². The van der Waals surface area contributed by atoms with Crippen molar-refractivity contribution in [2.45, 2.75) is 23.9 Å². The maximum Gasteiger partial charge on any atom is 0.268 e. The van der Waals surface area contributed by atoms with E-state index in [-0.39, 0.29) is 18.1 Å². The van der Waals surface area contributed by atoms with E-state index in [0.717, 1.165) is 0 Å². The van der Waals surface area contributed by atoms with Crippen LogP contribution in [0.1, 0.15) is 5.69 Å². The first-order chi connectivity index (χ1) is 11.4. The van der Waals surface area contributed by atoms with Crippen molar-refractivity contribution in [1.29, 1.82) is 5.26 Å². The molecule has 2 aromatic heterocycles. The van der Waals surface area contributed by atoms with Gasteiger partial charge in [-0.1, -0.05) is 0 Å². The van der Waals surface area contributed by atoms with Gasteiger partial charge >= 0.3 is 0 Å². The van der Waals surface area contributed by atoms with Gasteiger partial charge in [-0.25, -0.2) is 9.50 Å². The quantitative estimate of drug-likeness (QED) is 0.587. The topological polar surface area (TPSA) is 168 Å². The molecule has 0 amide bonds. The van der Waals surface area contributed by atoms with E-state index in [1.165, 1.54) is 16.9 Å². The molecule has 0 aliphatic carbocycles. The molecule has 4 rings (SSSR count). The van der Waals surface area contributed by atoms with Crippen LogP contribution in [0.5, 0.6) is 0 Å². The molecule has 126 valence electrons. The first-order valence-corrected chi connectivity index (χ1v) is 8.34. The molecule has 11 nitrogen and oxygen atoms in total. The molecule has 0 spiro atoms. The molecule has 5 atom stereocenters. The van der Waals surface area contributed by atoms with E-state index in [2.05, 4.69) is 14.6 Å². The minimum absolute atomic E-state index is 0.179. The van der Waals surface area contributed by atoms with E-state index in [0.29, 0.717) is 5.52 Å². The van der Waals surface area contributed by atoms with Gasteiger partial charge in [0.25, 0.3) is 7.82 Å². The molecule has 4 heterocycles. The number of ether oxygens (including phenoxy) is 1. The van der Waals surface area contributed by atoms with Crippen molar-refractivity contribution >= 4 is 19.2 Å². The van der Waals surface area contributed by atoms with Crippen LogP contribution in [0, 0.1) is 11.3 Å².